The fourth-order valence-electron chi connectivity index (χ4n) is 1.51. The van der Waals surface area contributed by atoms with E-state index >= 15 is 0 Å². The van der Waals surface area contributed by atoms with Gasteiger partial charge in [0.15, 0.2) is 5.82 Å². The maximum atomic E-state index is 13.5. The van der Waals surface area contributed by atoms with Crippen LogP contribution in [0.2, 0.25) is 0 Å². The van der Waals surface area contributed by atoms with Gasteiger partial charge in [0, 0.05) is 12.1 Å². The number of hydrogen-bond acceptors (Lipinski definition) is 3. The molecule has 2 rings (SSSR count). The highest BCUT2D eigenvalue weighted by atomic mass is 19.1. The van der Waals surface area contributed by atoms with Gasteiger partial charge in [0.1, 0.15) is 5.82 Å². The topological polar surface area (TPSA) is 80.7 Å². The smallest absolute Gasteiger partial charge is 0.153 e. The van der Waals surface area contributed by atoms with E-state index in [1.54, 1.807) is 18.2 Å². The molecule has 15 heavy (non-hydrogen) atoms. The number of rotatable bonds is 2. The second-order valence-electron chi connectivity index (χ2n) is 3.15. The molecule has 0 unspecified atom stereocenters. The van der Waals surface area contributed by atoms with Gasteiger partial charge in [0.2, 0.25) is 0 Å². The van der Waals surface area contributed by atoms with E-state index < -0.39 is 0 Å². The third-order valence-corrected chi connectivity index (χ3v) is 2.22. The molecule has 0 aliphatic carbocycles. The summed E-state index contributed by atoms with van der Waals surface area (Å²) < 4.78 is 13.5. The van der Waals surface area contributed by atoms with Crippen molar-refractivity contribution in [3.8, 4) is 11.1 Å². The lowest BCUT2D eigenvalue weighted by atomic mass is 10.0. The molecule has 0 fully saturated rings. The summed E-state index contributed by atoms with van der Waals surface area (Å²) in [4.78, 5) is 0. The van der Waals surface area contributed by atoms with Gasteiger partial charge in [-0.15, -0.1) is 0 Å². The average molecular weight is 206 g/mol. The number of anilines is 1. The number of halogens is 1. The Kier molecular flexibility index (Phi) is 2.39. The zero-order valence-corrected chi connectivity index (χ0v) is 8.00. The predicted molar refractivity (Wildman–Crippen MR) is 56.3 cm³/mol. The van der Waals surface area contributed by atoms with Gasteiger partial charge in [-0.2, -0.15) is 5.10 Å². The van der Waals surface area contributed by atoms with Crippen LogP contribution in [0.3, 0.4) is 0 Å². The van der Waals surface area contributed by atoms with Crippen LogP contribution < -0.4 is 11.5 Å². The molecular weight excluding hydrogens is 195 g/mol. The van der Waals surface area contributed by atoms with Crippen molar-refractivity contribution >= 4 is 5.82 Å². The van der Waals surface area contributed by atoms with Gasteiger partial charge >= 0.3 is 0 Å². The fourth-order valence-corrected chi connectivity index (χ4v) is 1.51. The molecule has 0 aliphatic rings. The van der Waals surface area contributed by atoms with Gasteiger partial charge in [-0.3, -0.25) is 5.10 Å². The van der Waals surface area contributed by atoms with Gasteiger partial charge in [-0.25, -0.2) is 4.39 Å². The minimum Gasteiger partial charge on any atom is -0.382 e. The minimum absolute atomic E-state index is 0.244. The molecular formula is C10H11FN4. The monoisotopic (exact) mass is 206 g/mol. The summed E-state index contributed by atoms with van der Waals surface area (Å²) in [5.74, 6) is -0.0687. The second-order valence-corrected chi connectivity index (χ2v) is 3.15. The van der Waals surface area contributed by atoms with Crippen molar-refractivity contribution in [3.63, 3.8) is 0 Å². The molecule has 1 aromatic heterocycles. The van der Waals surface area contributed by atoms with E-state index in [0.29, 0.717) is 16.8 Å². The number of benzene rings is 1. The molecule has 4 nitrogen and oxygen atoms in total. The highest BCUT2D eigenvalue weighted by Crippen LogP contribution is 2.29. The second kappa shape index (κ2) is 3.70. The van der Waals surface area contributed by atoms with Gasteiger partial charge in [-0.1, -0.05) is 18.2 Å². The lowest BCUT2D eigenvalue weighted by molar-refractivity contribution is 0.631. The molecule has 1 heterocycles. The van der Waals surface area contributed by atoms with Crippen molar-refractivity contribution in [1.82, 2.24) is 10.2 Å². The van der Waals surface area contributed by atoms with Crippen LogP contribution in [0, 0.1) is 5.82 Å². The minimum atomic E-state index is -0.333. The van der Waals surface area contributed by atoms with Crippen LogP contribution in [-0.2, 0) is 6.54 Å². The Bertz CT molecular complexity index is 478. The summed E-state index contributed by atoms with van der Waals surface area (Å²) in [5, 5.41) is 6.49. The van der Waals surface area contributed by atoms with Crippen molar-refractivity contribution in [3.05, 3.63) is 35.8 Å². The quantitative estimate of drug-likeness (QED) is 0.691. The summed E-state index contributed by atoms with van der Waals surface area (Å²) >= 11 is 0. The maximum Gasteiger partial charge on any atom is 0.153 e. The number of nitrogen functional groups attached to an aromatic ring is 1. The van der Waals surface area contributed by atoms with Crippen molar-refractivity contribution in [2.24, 2.45) is 5.73 Å². The average Bonchev–Trinajstić information content (AvgIpc) is 2.60. The molecule has 0 atom stereocenters. The predicted octanol–water partition coefficient (Wildman–Crippen LogP) is 1.26. The number of nitrogens with two attached hydrogens (primary N) is 2. The first-order valence-corrected chi connectivity index (χ1v) is 4.51. The number of aromatic nitrogens is 2. The van der Waals surface area contributed by atoms with Crippen LogP contribution >= 0.6 is 0 Å². The number of H-pyrrole nitrogens is 1. The summed E-state index contributed by atoms with van der Waals surface area (Å²) in [6, 6.07) is 6.39. The standard InChI is InChI=1S/C10H11FN4/c11-7-4-2-1-3-6(7)9-8(5-12)14-15-10(9)13/h1-4H,5,12H2,(H3,13,14,15). The highest BCUT2D eigenvalue weighted by molar-refractivity contribution is 5.76. The Morgan fingerprint density at radius 2 is 2.07 bits per heavy atom. The van der Waals surface area contributed by atoms with Crippen LogP contribution in [0.25, 0.3) is 11.1 Å². The van der Waals surface area contributed by atoms with Gasteiger partial charge in [0.05, 0.1) is 11.3 Å². The molecule has 5 N–H and O–H groups in total. The van der Waals surface area contributed by atoms with Crippen LogP contribution in [0.4, 0.5) is 10.2 Å². The van der Waals surface area contributed by atoms with E-state index in [2.05, 4.69) is 10.2 Å². The van der Waals surface area contributed by atoms with Crippen LogP contribution in [0.15, 0.2) is 24.3 Å². The van der Waals surface area contributed by atoms with E-state index in [0.717, 1.165) is 0 Å². The van der Waals surface area contributed by atoms with Crippen molar-refractivity contribution in [2.75, 3.05) is 5.73 Å². The maximum absolute atomic E-state index is 13.5. The van der Waals surface area contributed by atoms with E-state index in [4.69, 9.17) is 11.5 Å². The van der Waals surface area contributed by atoms with Gasteiger partial charge in [-0.05, 0) is 6.07 Å². The van der Waals surface area contributed by atoms with Crippen molar-refractivity contribution < 1.29 is 4.39 Å². The third-order valence-electron chi connectivity index (χ3n) is 2.22. The number of hydrogen-bond donors (Lipinski definition) is 3. The van der Waals surface area contributed by atoms with E-state index in [9.17, 15) is 4.39 Å². The Labute approximate surface area is 86.1 Å². The first-order chi connectivity index (χ1) is 7.24. The molecule has 0 saturated heterocycles. The van der Waals surface area contributed by atoms with Crippen LogP contribution in [0.1, 0.15) is 5.69 Å². The Balaban J connectivity index is 2.63. The lowest BCUT2D eigenvalue weighted by Crippen LogP contribution is -2.00. The molecule has 78 valence electrons. The SMILES string of the molecule is NCc1[nH]nc(N)c1-c1ccccc1F. The van der Waals surface area contributed by atoms with Crippen molar-refractivity contribution in [2.45, 2.75) is 6.54 Å². The summed E-state index contributed by atoms with van der Waals surface area (Å²) in [6.45, 7) is 0.244. The molecule has 0 saturated carbocycles. The van der Waals surface area contributed by atoms with Crippen molar-refractivity contribution in [1.29, 1.82) is 0 Å². The largest absolute Gasteiger partial charge is 0.382 e. The number of nitrogens with zero attached hydrogens (tertiary/aromatic N) is 1. The highest BCUT2D eigenvalue weighted by Gasteiger charge is 2.14. The van der Waals surface area contributed by atoms with Gasteiger partial charge in [0.25, 0.3) is 0 Å². The molecule has 0 spiro atoms. The Morgan fingerprint density at radius 3 is 2.73 bits per heavy atom. The van der Waals surface area contributed by atoms with E-state index in [1.807, 2.05) is 0 Å². The molecule has 0 radical (unpaired) electrons. The Morgan fingerprint density at radius 1 is 1.33 bits per heavy atom. The zero-order valence-electron chi connectivity index (χ0n) is 8.00. The fraction of sp³-hybridized carbons (Fsp3) is 0.100. The first-order valence-electron chi connectivity index (χ1n) is 4.51. The molecule has 2 aromatic rings. The summed E-state index contributed by atoms with van der Waals surface area (Å²) in [7, 11) is 0. The first kappa shape index (κ1) is 9.67. The summed E-state index contributed by atoms with van der Waals surface area (Å²) in [5.41, 5.74) is 12.8. The zero-order chi connectivity index (χ0) is 10.8. The normalized spacial score (nSPS) is 10.5. The number of aromatic amines is 1. The Hall–Kier alpha value is -1.88. The molecule has 1 aromatic carbocycles. The van der Waals surface area contributed by atoms with Crippen LogP contribution in [0.5, 0.6) is 0 Å². The van der Waals surface area contributed by atoms with Gasteiger partial charge < -0.3 is 11.5 Å². The third kappa shape index (κ3) is 1.57. The molecule has 5 heteroatoms. The van der Waals surface area contributed by atoms with E-state index in [1.165, 1.54) is 6.07 Å². The van der Waals surface area contributed by atoms with E-state index in [-0.39, 0.29) is 18.2 Å². The summed E-state index contributed by atoms with van der Waals surface area (Å²) in [6.07, 6.45) is 0. The lowest BCUT2D eigenvalue weighted by Gasteiger charge is -2.03. The van der Waals surface area contributed by atoms with Crippen LogP contribution in [-0.4, -0.2) is 10.2 Å². The molecule has 0 aliphatic heterocycles. The number of nitrogens with one attached hydrogen (secondary N) is 1. The molecule has 0 bridgehead atoms. The molecule has 0 amide bonds.